The predicted octanol–water partition coefficient (Wildman–Crippen LogP) is 2.39. The second kappa shape index (κ2) is 4.77. The van der Waals surface area contributed by atoms with Gasteiger partial charge >= 0.3 is 6.03 Å². The number of carbonyl (C=O) groups is 1. The van der Waals surface area contributed by atoms with E-state index in [4.69, 9.17) is 0 Å². The van der Waals surface area contributed by atoms with E-state index >= 15 is 0 Å². The molecule has 0 saturated carbocycles. The third-order valence-corrected chi connectivity index (χ3v) is 2.26. The molecule has 4 nitrogen and oxygen atoms in total. The summed E-state index contributed by atoms with van der Waals surface area (Å²) in [5.74, 6) is 0. The smallest absolute Gasteiger partial charge is 0.319 e. The number of rotatable bonds is 3. The first-order valence-corrected chi connectivity index (χ1v) is 5.03. The average Bonchev–Trinajstić information content (AvgIpc) is 2.18. The van der Waals surface area contributed by atoms with Gasteiger partial charge in [0.05, 0.1) is 11.9 Å². The fraction of sp³-hybridized carbons (Fsp3) is 0.455. The molecule has 1 aromatic heterocycles. The Hall–Kier alpha value is -1.58. The summed E-state index contributed by atoms with van der Waals surface area (Å²) in [6.07, 6.45) is 4.16. The lowest BCUT2D eigenvalue weighted by molar-refractivity contribution is 0.240. The fourth-order valence-corrected chi connectivity index (χ4v) is 0.995. The Morgan fingerprint density at radius 3 is 2.80 bits per heavy atom. The van der Waals surface area contributed by atoms with Crippen LogP contribution in [0.3, 0.4) is 0 Å². The maximum Gasteiger partial charge on any atom is 0.319 e. The Morgan fingerprint density at radius 2 is 2.27 bits per heavy atom. The molecule has 0 spiro atoms. The number of nitrogens with one attached hydrogen (secondary N) is 2. The molecule has 0 saturated heterocycles. The molecule has 0 unspecified atom stereocenters. The molecule has 1 rings (SSSR count). The Balaban J connectivity index is 2.51. The summed E-state index contributed by atoms with van der Waals surface area (Å²) >= 11 is 0. The van der Waals surface area contributed by atoms with Gasteiger partial charge in [-0.25, -0.2) is 4.79 Å². The minimum absolute atomic E-state index is 0.188. The molecule has 1 heterocycles. The van der Waals surface area contributed by atoms with Crippen molar-refractivity contribution in [2.24, 2.45) is 0 Å². The van der Waals surface area contributed by atoms with Crippen molar-refractivity contribution in [1.29, 1.82) is 0 Å². The maximum atomic E-state index is 11.5. The van der Waals surface area contributed by atoms with E-state index in [9.17, 15) is 4.79 Å². The van der Waals surface area contributed by atoms with Gasteiger partial charge in [-0.15, -0.1) is 0 Å². The highest BCUT2D eigenvalue weighted by atomic mass is 16.2. The minimum atomic E-state index is -0.199. The molecule has 82 valence electrons. The summed E-state index contributed by atoms with van der Waals surface area (Å²) in [7, 11) is 0. The van der Waals surface area contributed by atoms with Crippen molar-refractivity contribution < 1.29 is 4.79 Å². The molecule has 15 heavy (non-hydrogen) atoms. The predicted molar refractivity (Wildman–Crippen MR) is 60.8 cm³/mol. The van der Waals surface area contributed by atoms with Crippen molar-refractivity contribution in [3.8, 4) is 0 Å². The summed E-state index contributed by atoms with van der Waals surface area (Å²) in [5.41, 5.74) is 0.508. The molecule has 2 amide bonds. The van der Waals surface area contributed by atoms with Gasteiger partial charge in [0.1, 0.15) is 0 Å². The van der Waals surface area contributed by atoms with Crippen LogP contribution in [0.2, 0.25) is 0 Å². The molecule has 0 radical (unpaired) electrons. The summed E-state index contributed by atoms with van der Waals surface area (Å²) in [6, 6.07) is 3.38. The van der Waals surface area contributed by atoms with Crippen LogP contribution in [0.15, 0.2) is 24.5 Å². The van der Waals surface area contributed by atoms with E-state index in [0.717, 1.165) is 6.42 Å². The van der Waals surface area contributed by atoms with Crippen LogP contribution in [0.4, 0.5) is 10.5 Å². The van der Waals surface area contributed by atoms with Gasteiger partial charge in [0.2, 0.25) is 0 Å². The molecule has 0 bridgehead atoms. The third kappa shape index (κ3) is 3.97. The topological polar surface area (TPSA) is 54.0 Å². The first kappa shape index (κ1) is 11.5. The highest BCUT2D eigenvalue weighted by Gasteiger charge is 2.17. The first-order valence-electron chi connectivity index (χ1n) is 5.03. The van der Waals surface area contributed by atoms with Crippen molar-refractivity contribution in [2.75, 3.05) is 5.32 Å². The third-order valence-electron chi connectivity index (χ3n) is 2.26. The normalized spacial score (nSPS) is 10.9. The van der Waals surface area contributed by atoms with E-state index in [-0.39, 0.29) is 11.6 Å². The number of amides is 2. The second-order valence-corrected chi connectivity index (χ2v) is 4.06. The van der Waals surface area contributed by atoms with Crippen LogP contribution >= 0.6 is 0 Å². The van der Waals surface area contributed by atoms with Gasteiger partial charge in [0.25, 0.3) is 0 Å². The molecule has 0 atom stereocenters. The minimum Gasteiger partial charge on any atom is -0.333 e. The van der Waals surface area contributed by atoms with E-state index in [0.29, 0.717) is 5.69 Å². The monoisotopic (exact) mass is 207 g/mol. The van der Waals surface area contributed by atoms with Crippen molar-refractivity contribution in [3.63, 3.8) is 0 Å². The van der Waals surface area contributed by atoms with Crippen LogP contribution in [0, 0.1) is 0 Å². The lowest BCUT2D eigenvalue weighted by atomic mass is 10.0. The highest BCUT2D eigenvalue weighted by molar-refractivity contribution is 5.89. The molecule has 1 aromatic rings. The molecular formula is C11H17N3O. The van der Waals surface area contributed by atoms with Crippen LogP contribution < -0.4 is 10.6 Å². The van der Waals surface area contributed by atoms with Crippen molar-refractivity contribution in [2.45, 2.75) is 32.7 Å². The number of pyridine rings is 1. The fourth-order valence-electron chi connectivity index (χ4n) is 0.995. The Labute approximate surface area is 90.1 Å². The number of urea groups is 1. The SMILES string of the molecule is CCC(C)(C)NC(=O)Nc1cccnc1. The number of hydrogen-bond donors (Lipinski definition) is 2. The molecule has 4 heteroatoms. The zero-order valence-corrected chi connectivity index (χ0v) is 9.37. The van der Waals surface area contributed by atoms with Gasteiger partial charge in [-0.2, -0.15) is 0 Å². The van der Waals surface area contributed by atoms with Crippen LogP contribution in [-0.4, -0.2) is 16.6 Å². The number of carbonyl (C=O) groups excluding carboxylic acids is 1. The van der Waals surface area contributed by atoms with Crippen LogP contribution in [0.5, 0.6) is 0 Å². The number of hydrogen-bond acceptors (Lipinski definition) is 2. The summed E-state index contributed by atoms with van der Waals surface area (Å²) < 4.78 is 0. The summed E-state index contributed by atoms with van der Waals surface area (Å²) in [5, 5.41) is 5.60. The van der Waals surface area contributed by atoms with E-state index in [1.165, 1.54) is 0 Å². The van der Waals surface area contributed by atoms with E-state index in [1.54, 1.807) is 24.5 Å². The van der Waals surface area contributed by atoms with Gasteiger partial charge in [0, 0.05) is 11.7 Å². The van der Waals surface area contributed by atoms with Crippen molar-refractivity contribution in [1.82, 2.24) is 10.3 Å². The largest absolute Gasteiger partial charge is 0.333 e. The van der Waals surface area contributed by atoms with E-state index in [1.807, 2.05) is 20.8 Å². The number of nitrogens with zero attached hydrogens (tertiary/aromatic N) is 1. The maximum absolute atomic E-state index is 11.5. The Morgan fingerprint density at radius 1 is 1.53 bits per heavy atom. The number of aromatic nitrogens is 1. The van der Waals surface area contributed by atoms with Crippen LogP contribution in [0.1, 0.15) is 27.2 Å². The molecular weight excluding hydrogens is 190 g/mol. The standard InChI is InChI=1S/C11H17N3O/c1-4-11(2,3)14-10(15)13-9-6-5-7-12-8-9/h5-8H,4H2,1-3H3,(H2,13,14,15). The zero-order valence-electron chi connectivity index (χ0n) is 9.37. The molecule has 0 aliphatic carbocycles. The lowest BCUT2D eigenvalue weighted by Gasteiger charge is -2.24. The Bertz CT molecular complexity index is 322. The average molecular weight is 207 g/mol. The van der Waals surface area contributed by atoms with Gasteiger partial charge in [-0.1, -0.05) is 6.92 Å². The van der Waals surface area contributed by atoms with E-state index in [2.05, 4.69) is 15.6 Å². The molecule has 0 fully saturated rings. The first-order chi connectivity index (χ1) is 7.03. The summed E-state index contributed by atoms with van der Waals surface area (Å²) in [6.45, 7) is 6.00. The Kier molecular flexibility index (Phi) is 3.66. The van der Waals surface area contributed by atoms with E-state index < -0.39 is 0 Å². The van der Waals surface area contributed by atoms with Gasteiger partial charge < -0.3 is 10.6 Å². The van der Waals surface area contributed by atoms with Crippen LogP contribution in [-0.2, 0) is 0 Å². The quantitative estimate of drug-likeness (QED) is 0.799. The van der Waals surface area contributed by atoms with Crippen LogP contribution in [0.25, 0.3) is 0 Å². The number of anilines is 1. The van der Waals surface area contributed by atoms with Crippen molar-refractivity contribution >= 4 is 11.7 Å². The van der Waals surface area contributed by atoms with Gasteiger partial charge in [-0.3, -0.25) is 4.98 Å². The molecule has 2 N–H and O–H groups in total. The molecule has 0 aliphatic heterocycles. The highest BCUT2D eigenvalue weighted by Crippen LogP contribution is 2.08. The second-order valence-electron chi connectivity index (χ2n) is 4.06. The van der Waals surface area contributed by atoms with Gasteiger partial charge in [0.15, 0.2) is 0 Å². The lowest BCUT2D eigenvalue weighted by Crippen LogP contribution is -2.45. The van der Waals surface area contributed by atoms with Gasteiger partial charge in [-0.05, 0) is 32.4 Å². The van der Waals surface area contributed by atoms with Crippen molar-refractivity contribution in [3.05, 3.63) is 24.5 Å². The summed E-state index contributed by atoms with van der Waals surface area (Å²) in [4.78, 5) is 15.4. The molecule has 0 aliphatic rings. The molecule has 0 aromatic carbocycles. The zero-order chi connectivity index (χ0) is 11.3.